The highest BCUT2D eigenvalue weighted by Gasteiger charge is 2.29. The molecule has 0 fully saturated rings. The van der Waals surface area contributed by atoms with Gasteiger partial charge in [-0.1, -0.05) is 13.3 Å². The normalized spacial score (nSPS) is 21.3. The average Bonchev–Trinajstić information content (AvgIpc) is 2.32. The molecule has 0 spiro atoms. The van der Waals surface area contributed by atoms with Gasteiger partial charge in [0.1, 0.15) is 0 Å². The highest BCUT2D eigenvalue weighted by atomic mass is 15.1. The van der Waals surface area contributed by atoms with Gasteiger partial charge in [0, 0.05) is 0 Å². The Morgan fingerprint density at radius 3 is 2.33 bits per heavy atom. The van der Waals surface area contributed by atoms with Crippen LogP contribution in [0.4, 0.5) is 0 Å². The Morgan fingerprint density at radius 2 is 1.92 bits per heavy atom. The van der Waals surface area contributed by atoms with Crippen molar-refractivity contribution >= 4 is 0 Å². The second kappa shape index (κ2) is 4.20. The van der Waals surface area contributed by atoms with Crippen LogP contribution in [-0.2, 0) is 0 Å². The van der Waals surface area contributed by atoms with Crippen LogP contribution in [0.1, 0.15) is 32.6 Å². The SMILES string of the molecule is CCCC1(C#N)CCN=NCC1. The van der Waals surface area contributed by atoms with E-state index in [0.717, 1.165) is 38.8 Å². The van der Waals surface area contributed by atoms with Crippen LogP contribution in [0.15, 0.2) is 10.2 Å². The minimum Gasteiger partial charge on any atom is -0.198 e. The molecule has 0 saturated heterocycles. The molecule has 66 valence electrons. The molecule has 0 aromatic carbocycles. The van der Waals surface area contributed by atoms with Gasteiger partial charge < -0.3 is 0 Å². The summed E-state index contributed by atoms with van der Waals surface area (Å²) in [6.07, 6.45) is 3.85. The van der Waals surface area contributed by atoms with Gasteiger partial charge in [-0.05, 0) is 19.3 Å². The maximum Gasteiger partial charge on any atom is 0.0691 e. The molecule has 1 heterocycles. The Labute approximate surface area is 73.5 Å². The quantitative estimate of drug-likeness (QED) is 0.620. The van der Waals surface area contributed by atoms with Gasteiger partial charge in [-0.25, -0.2) is 0 Å². The third-order valence-corrected chi connectivity index (χ3v) is 2.45. The van der Waals surface area contributed by atoms with Crippen molar-refractivity contribution in [1.29, 1.82) is 5.26 Å². The fourth-order valence-corrected chi connectivity index (χ4v) is 1.69. The molecule has 0 atom stereocenters. The zero-order valence-corrected chi connectivity index (χ0v) is 7.58. The molecule has 3 nitrogen and oxygen atoms in total. The van der Waals surface area contributed by atoms with Crippen molar-refractivity contribution < 1.29 is 0 Å². The van der Waals surface area contributed by atoms with E-state index in [2.05, 4.69) is 23.2 Å². The summed E-state index contributed by atoms with van der Waals surface area (Å²) in [5.41, 5.74) is -0.127. The van der Waals surface area contributed by atoms with Crippen LogP contribution in [0.2, 0.25) is 0 Å². The Kier molecular flexibility index (Phi) is 3.21. The van der Waals surface area contributed by atoms with Crippen molar-refractivity contribution in [3.05, 3.63) is 0 Å². The van der Waals surface area contributed by atoms with Gasteiger partial charge in [0.05, 0.1) is 24.6 Å². The maximum atomic E-state index is 9.06. The smallest absolute Gasteiger partial charge is 0.0691 e. The van der Waals surface area contributed by atoms with Crippen LogP contribution in [0.3, 0.4) is 0 Å². The third-order valence-electron chi connectivity index (χ3n) is 2.45. The van der Waals surface area contributed by atoms with Gasteiger partial charge in [0.2, 0.25) is 0 Å². The summed E-state index contributed by atoms with van der Waals surface area (Å²) < 4.78 is 0. The molecule has 1 aliphatic rings. The minimum atomic E-state index is -0.127. The Morgan fingerprint density at radius 1 is 1.33 bits per heavy atom. The fraction of sp³-hybridized carbons (Fsp3) is 0.889. The lowest BCUT2D eigenvalue weighted by molar-refractivity contribution is 0.327. The van der Waals surface area contributed by atoms with Crippen molar-refractivity contribution in [2.45, 2.75) is 32.6 Å². The number of nitriles is 1. The molecule has 0 radical (unpaired) electrons. The summed E-state index contributed by atoms with van der Waals surface area (Å²) >= 11 is 0. The second-order valence-electron chi connectivity index (χ2n) is 3.37. The Hall–Kier alpha value is -0.910. The van der Waals surface area contributed by atoms with E-state index in [4.69, 9.17) is 5.26 Å². The van der Waals surface area contributed by atoms with Crippen molar-refractivity contribution in [2.75, 3.05) is 13.1 Å². The van der Waals surface area contributed by atoms with E-state index in [1.807, 2.05) is 0 Å². The van der Waals surface area contributed by atoms with Gasteiger partial charge in [-0.3, -0.25) is 0 Å². The predicted molar refractivity (Wildman–Crippen MR) is 46.8 cm³/mol. The Balaban J connectivity index is 2.60. The first kappa shape index (κ1) is 9.18. The summed E-state index contributed by atoms with van der Waals surface area (Å²) in [5, 5.41) is 17.0. The van der Waals surface area contributed by atoms with E-state index < -0.39 is 0 Å². The van der Waals surface area contributed by atoms with Crippen LogP contribution in [-0.4, -0.2) is 13.1 Å². The van der Waals surface area contributed by atoms with Crippen molar-refractivity contribution in [1.82, 2.24) is 0 Å². The van der Waals surface area contributed by atoms with E-state index >= 15 is 0 Å². The topological polar surface area (TPSA) is 48.5 Å². The lowest BCUT2D eigenvalue weighted by Crippen LogP contribution is -2.19. The molecule has 0 aromatic heterocycles. The van der Waals surface area contributed by atoms with E-state index in [9.17, 15) is 0 Å². The molecule has 0 aromatic rings. The molecular formula is C9H15N3. The van der Waals surface area contributed by atoms with Crippen LogP contribution in [0.5, 0.6) is 0 Å². The van der Waals surface area contributed by atoms with Gasteiger partial charge in [-0.15, -0.1) is 0 Å². The zero-order chi connectivity index (χ0) is 8.86. The summed E-state index contributed by atoms with van der Waals surface area (Å²) in [6, 6.07) is 2.44. The molecule has 1 rings (SSSR count). The van der Waals surface area contributed by atoms with E-state index in [1.165, 1.54) is 0 Å². The molecule has 0 N–H and O–H groups in total. The largest absolute Gasteiger partial charge is 0.198 e. The van der Waals surface area contributed by atoms with Crippen LogP contribution in [0.25, 0.3) is 0 Å². The molecule has 1 aliphatic heterocycles. The molecule has 0 saturated carbocycles. The second-order valence-corrected chi connectivity index (χ2v) is 3.37. The molecule has 0 aliphatic carbocycles. The van der Waals surface area contributed by atoms with Crippen molar-refractivity contribution in [3.63, 3.8) is 0 Å². The van der Waals surface area contributed by atoms with Crippen molar-refractivity contribution in [3.8, 4) is 6.07 Å². The van der Waals surface area contributed by atoms with Crippen LogP contribution >= 0.6 is 0 Å². The summed E-state index contributed by atoms with van der Waals surface area (Å²) in [6.45, 7) is 3.58. The molecule has 0 amide bonds. The monoisotopic (exact) mass is 165 g/mol. The van der Waals surface area contributed by atoms with Gasteiger partial charge >= 0.3 is 0 Å². The Bertz CT molecular complexity index is 192. The van der Waals surface area contributed by atoms with Crippen LogP contribution < -0.4 is 0 Å². The van der Waals surface area contributed by atoms with Crippen LogP contribution in [0, 0.1) is 16.7 Å². The van der Waals surface area contributed by atoms with E-state index in [-0.39, 0.29) is 5.41 Å². The first-order chi connectivity index (χ1) is 5.83. The van der Waals surface area contributed by atoms with Gasteiger partial charge in [0.25, 0.3) is 0 Å². The minimum absolute atomic E-state index is 0.127. The molecule has 0 unspecified atom stereocenters. The third kappa shape index (κ3) is 2.04. The highest BCUT2D eigenvalue weighted by molar-refractivity contribution is 4.99. The number of rotatable bonds is 2. The number of hydrogen-bond donors (Lipinski definition) is 0. The molecule has 12 heavy (non-hydrogen) atoms. The standard InChI is InChI=1S/C9H15N3/c1-2-3-9(8-10)4-6-11-12-7-5-9/h2-7H2,1H3. The average molecular weight is 165 g/mol. The van der Waals surface area contributed by atoms with Gasteiger partial charge in [-0.2, -0.15) is 15.5 Å². The zero-order valence-electron chi connectivity index (χ0n) is 7.58. The van der Waals surface area contributed by atoms with E-state index in [0.29, 0.717) is 0 Å². The number of hydrogen-bond acceptors (Lipinski definition) is 3. The lowest BCUT2D eigenvalue weighted by atomic mass is 9.79. The molecule has 0 bridgehead atoms. The summed E-state index contributed by atoms with van der Waals surface area (Å²) in [7, 11) is 0. The highest BCUT2D eigenvalue weighted by Crippen LogP contribution is 2.32. The van der Waals surface area contributed by atoms with Crippen molar-refractivity contribution in [2.24, 2.45) is 15.6 Å². The van der Waals surface area contributed by atoms with E-state index in [1.54, 1.807) is 0 Å². The first-order valence-corrected chi connectivity index (χ1v) is 4.57. The molecule has 3 heteroatoms. The summed E-state index contributed by atoms with van der Waals surface area (Å²) in [4.78, 5) is 0. The maximum absolute atomic E-state index is 9.06. The molecular weight excluding hydrogens is 150 g/mol. The predicted octanol–water partition coefficient (Wildman–Crippen LogP) is 2.54. The first-order valence-electron chi connectivity index (χ1n) is 4.57. The lowest BCUT2D eigenvalue weighted by Gasteiger charge is -2.22. The number of nitrogens with zero attached hydrogens (tertiary/aromatic N) is 3. The fourth-order valence-electron chi connectivity index (χ4n) is 1.69. The van der Waals surface area contributed by atoms with Gasteiger partial charge in [0.15, 0.2) is 0 Å². The summed E-state index contributed by atoms with van der Waals surface area (Å²) in [5.74, 6) is 0. The number of azo groups is 1.